The molecule has 1 aromatic carbocycles. The van der Waals surface area contributed by atoms with Gasteiger partial charge in [-0.2, -0.15) is 0 Å². The summed E-state index contributed by atoms with van der Waals surface area (Å²) in [5.41, 5.74) is 8.50. The zero-order valence-electron chi connectivity index (χ0n) is 11.8. The van der Waals surface area contributed by atoms with E-state index in [0.717, 1.165) is 17.0 Å². The summed E-state index contributed by atoms with van der Waals surface area (Å²) in [4.78, 5) is 0. The summed E-state index contributed by atoms with van der Waals surface area (Å²) in [5, 5.41) is 1.47. The average molecular weight is 249 g/mol. The number of hydrazine groups is 1. The van der Waals surface area contributed by atoms with Crippen molar-refractivity contribution in [3.05, 3.63) is 35.7 Å². The second-order valence-electron chi connectivity index (χ2n) is 5.34. The Morgan fingerprint density at radius 3 is 2.33 bits per heavy atom. The van der Waals surface area contributed by atoms with Crippen molar-refractivity contribution < 1.29 is 4.74 Å². The van der Waals surface area contributed by atoms with E-state index in [1.807, 2.05) is 13.0 Å². The van der Waals surface area contributed by atoms with Gasteiger partial charge in [0.05, 0.1) is 12.8 Å². The van der Waals surface area contributed by atoms with Gasteiger partial charge in [-0.15, -0.1) is 0 Å². The Labute approximate surface area is 109 Å². The number of nitrogens with two attached hydrogens (primary N) is 2. The van der Waals surface area contributed by atoms with Crippen LogP contribution in [0.25, 0.3) is 0 Å². The van der Waals surface area contributed by atoms with E-state index in [9.17, 15) is 0 Å². The molecule has 0 atom stereocenters. The lowest BCUT2D eigenvalue weighted by atomic mass is 9.85. The minimum atomic E-state index is 0.0546. The van der Waals surface area contributed by atoms with Crippen LogP contribution >= 0.6 is 0 Å². The molecule has 0 saturated carbocycles. The lowest BCUT2D eigenvalue weighted by Gasteiger charge is -2.25. The van der Waals surface area contributed by atoms with E-state index in [2.05, 4.69) is 26.8 Å². The van der Waals surface area contributed by atoms with Crippen LogP contribution in [0.15, 0.2) is 24.5 Å². The Kier molecular flexibility index (Phi) is 4.24. The first-order chi connectivity index (χ1) is 8.31. The molecule has 4 nitrogen and oxygen atoms in total. The van der Waals surface area contributed by atoms with Crippen LogP contribution in [-0.4, -0.2) is 7.11 Å². The van der Waals surface area contributed by atoms with Gasteiger partial charge < -0.3 is 10.5 Å². The number of benzene rings is 1. The first-order valence-corrected chi connectivity index (χ1v) is 5.92. The molecule has 4 heteroatoms. The highest BCUT2D eigenvalue weighted by Gasteiger charge is 2.19. The maximum Gasteiger partial charge on any atom is 0.146 e. The number of hydrogen-bond acceptors (Lipinski definition) is 4. The Hall–Kier alpha value is -1.68. The Morgan fingerprint density at radius 2 is 1.89 bits per heavy atom. The molecule has 0 amide bonds. The molecular formula is C14H23N3O. The molecule has 0 heterocycles. The van der Waals surface area contributed by atoms with Crippen molar-refractivity contribution in [2.24, 2.45) is 11.6 Å². The monoisotopic (exact) mass is 249 g/mol. The number of rotatable bonds is 3. The molecule has 0 aliphatic heterocycles. The van der Waals surface area contributed by atoms with E-state index in [1.165, 1.54) is 16.8 Å². The number of methoxy groups -OCH3 is 1. The zero-order chi connectivity index (χ0) is 13.9. The van der Waals surface area contributed by atoms with E-state index >= 15 is 0 Å². The molecule has 0 aliphatic carbocycles. The largest absolute Gasteiger partial charge is 0.494 e. The van der Waals surface area contributed by atoms with Gasteiger partial charge in [0.2, 0.25) is 0 Å². The number of anilines is 1. The lowest BCUT2D eigenvalue weighted by Crippen LogP contribution is -2.26. The fraction of sp³-hybridized carbons (Fsp3) is 0.429. The van der Waals surface area contributed by atoms with Gasteiger partial charge in [-0.05, 0) is 29.5 Å². The fourth-order valence-corrected chi connectivity index (χ4v) is 1.82. The van der Waals surface area contributed by atoms with Gasteiger partial charge in [-0.1, -0.05) is 26.8 Å². The van der Waals surface area contributed by atoms with E-state index < -0.39 is 0 Å². The van der Waals surface area contributed by atoms with Gasteiger partial charge in [0.25, 0.3) is 0 Å². The molecule has 4 N–H and O–H groups in total. The van der Waals surface area contributed by atoms with Crippen LogP contribution in [-0.2, 0) is 5.41 Å². The molecule has 0 fully saturated rings. The first-order valence-electron chi connectivity index (χ1n) is 5.92. The summed E-state index contributed by atoms with van der Waals surface area (Å²) in [5.74, 6) is 6.72. The minimum Gasteiger partial charge on any atom is -0.494 e. The number of aryl methyl sites for hydroxylation is 1. The molecule has 0 unspecified atom stereocenters. The standard InChI is InChI=1S/C14H23N3O/c1-10-8-11(14(2,3)4)9-12(13(10)18-5)17(16)7-6-15/h6-9H,15-16H2,1-5H3/b7-6-. The molecule has 0 saturated heterocycles. The summed E-state index contributed by atoms with van der Waals surface area (Å²) in [7, 11) is 1.64. The molecule has 100 valence electrons. The van der Waals surface area contributed by atoms with Crippen molar-refractivity contribution in [1.29, 1.82) is 0 Å². The van der Waals surface area contributed by atoms with Gasteiger partial charge in [0, 0.05) is 12.4 Å². The summed E-state index contributed by atoms with van der Waals surface area (Å²) < 4.78 is 5.41. The number of nitrogens with zero attached hydrogens (tertiary/aromatic N) is 1. The summed E-state index contributed by atoms with van der Waals surface area (Å²) >= 11 is 0. The maximum absolute atomic E-state index is 5.95. The molecule has 1 rings (SSSR count). The minimum absolute atomic E-state index is 0.0546. The third kappa shape index (κ3) is 2.96. The molecule has 0 aromatic heterocycles. The van der Waals surface area contributed by atoms with Crippen molar-refractivity contribution in [2.45, 2.75) is 33.1 Å². The van der Waals surface area contributed by atoms with Crippen molar-refractivity contribution in [3.63, 3.8) is 0 Å². The Bertz CT molecular complexity index is 447. The summed E-state index contributed by atoms with van der Waals surface area (Å²) in [6.45, 7) is 8.50. The quantitative estimate of drug-likeness (QED) is 0.638. The highest BCUT2D eigenvalue weighted by atomic mass is 16.5. The molecule has 18 heavy (non-hydrogen) atoms. The van der Waals surface area contributed by atoms with Gasteiger partial charge in [-0.25, -0.2) is 5.84 Å². The van der Waals surface area contributed by atoms with Crippen molar-refractivity contribution in [1.82, 2.24) is 0 Å². The second kappa shape index (κ2) is 5.31. The predicted molar refractivity (Wildman–Crippen MR) is 76.4 cm³/mol. The van der Waals surface area contributed by atoms with Crippen LogP contribution in [0.2, 0.25) is 0 Å². The molecule has 0 bridgehead atoms. The van der Waals surface area contributed by atoms with Crippen LogP contribution in [0.1, 0.15) is 31.9 Å². The SMILES string of the molecule is COc1c(C)cc(C(C)(C)C)cc1N(N)/C=C\N. The third-order valence-electron chi connectivity index (χ3n) is 2.85. The van der Waals surface area contributed by atoms with Crippen LogP contribution in [0, 0.1) is 6.92 Å². The smallest absolute Gasteiger partial charge is 0.146 e. The maximum atomic E-state index is 5.95. The van der Waals surface area contributed by atoms with E-state index in [4.69, 9.17) is 16.3 Å². The van der Waals surface area contributed by atoms with Crippen molar-refractivity contribution in [3.8, 4) is 5.75 Å². The van der Waals surface area contributed by atoms with E-state index in [-0.39, 0.29) is 5.41 Å². The zero-order valence-corrected chi connectivity index (χ0v) is 11.8. The molecule has 0 spiro atoms. The molecular weight excluding hydrogens is 226 g/mol. The highest BCUT2D eigenvalue weighted by Crippen LogP contribution is 2.36. The first kappa shape index (κ1) is 14.4. The number of hydrogen-bond donors (Lipinski definition) is 2. The van der Waals surface area contributed by atoms with Gasteiger partial charge >= 0.3 is 0 Å². The lowest BCUT2D eigenvalue weighted by molar-refractivity contribution is 0.411. The normalized spacial score (nSPS) is 11.9. The molecule has 0 aliphatic rings. The Morgan fingerprint density at radius 1 is 1.28 bits per heavy atom. The van der Waals surface area contributed by atoms with Crippen LogP contribution < -0.4 is 21.3 Å². The fourth-order valence-electron chi connectivity index (χ4n) is 1.82. The topological polar surface area (TPSA) is 64.5 Å². The molecule has 0 radical (unpaired) electrons. The Balaban J connectivity index is 3.41. The van der Waals surface area contributed by atoms with E-state index in [0.29, 0.717) is 0 Å². The average Bonchev–Trinajstić information content (AvgIpc) is 2.27. The van der Waals surface area contributed by atoms with Gasteiger partial charge in [0.15, 0.2) is 0 Å². The number of ether oxygens (including phenoxy) is 1. The van der Waals surface area contributed by atoms with Crippen molar-refractivity contribution >= 4 is 5.69 Å². The third-order valence-corrected chi connectivity index (χ3v) is 2.85. The molecule has 1 aromatic rings. The second-order valence-corrected chi connectivity index (χ2v) is 5.34. The summed E-state index contributed by atoms with van der Waals surface area (Å²) in [6.07, 6.45) is 3.00. The van der Waals surface area contributed by atoms with Gasteiger partial charge in [-0.3, -0.25) is 5.01 Å². The van der Waals surface area contributed by atoms with Crippen LogP contribution in [0.3, 0.4) is 0 Å². The van der Waals surface area contributed by atoms with Crippen LogP contribution in [0.4, 0.5) is 5.69 Å². The van der Waals surface area contributed by atoms with Crippen molar-refractivity contribution in [2.75, 3.05) is 12.1 Å². The van der Waals surface area contributed by atoms with E-state index in [1.54, 1.807) is 13.3 Å². The van der Waals surface area contributed by atoms with Gasteiger partial charge in [0.1, 0.15) is 5.75 Å². The van der Waals surface area contributed by atoms with Crippen LogP contribution in [0.5, 0.6) is 5.75 Å². The summed E-state index contributed by atoms with van der Waals surface area (Å²) in [6, 6.07) is 4.16. The highest BCUT2D eigenvalue weighted by molar-refractivity contribution is 5.64. The predicted octanol–water partition coefficient (Wildman–Crippen LogP) is 2.41.